The summed E-state index contributed by atoms with van der Waals surface area (Å²) in [5.41, 5.74) is 1.71. The van der Waals surface area contributed by atoms with E-state index in [1.807, 2.05) is 6.92 Å². The molecule has 31 heavy (non-hydrogen) atoms. The molecule has 1 N–H and O–H groups in total. The van der Waals surface area contributed by atoms with Crippen LogP contribution in [0.1, 0.15) is 48.0 Å². The highest BCUT2D eigenvalue weighted by Gasteiger charge is 2.25. The van der Waals surface area contributed by atoms with Crippen LogP contribution in [0.25, 0.3) is 0 Å². The summed E-state index contributed by atoms with van der Waals surface area (Å²) in [6, 6.07) is 13.5. The van der Waals surface area contributed by atoms with Crippen LogP contribution in [0.2, 0.25) is 0 Å². The molecule has 0 unspecified atom stereocenters. The van der Waals surface area contributed by atoms with E-state index in [4.69, 9.17) is 0 Å². The van der Waals surface area contributed by atoms with Gasteiger partial charge in [0.1, 0.15) is 0 Å². The fourth-order valence-electron chi connectivity index (χ4n) is 3.90. The molecule has 2 aromatic carbocycles. The van der Waals surface area contributed by atoms with Crippen LogP contribution in [0.15, 0.2) is 53.4 Å². The lowest BCUT2D eigenvalue weighted by atomic mass is 10.1. The second-order valence-corrected chi connectivity index (χ2v) is 10.1. The van der Waals surface area contributed by atoms with Gasteiger partial charge in [0.2, 0.25) is 0 Å². The van der Waals surface area contributed by atoms with Gasteiger partial charge in [0.15, 0.2) is 0 Å². The van der Waals surface area contributed by atoms with Crippen molar-refractivity contribution in [1.29, 1.82) is 0 Å². The molecule has 0 saturated carbocycles. The Hall–Kier alpha value is -2.38. The zero-order valence-corrected chi connectivity index (χ0v) is 19.3. The Labute approximate surface area is 186 Å². The average molecular weight is 444 g/mol. The van der Waals surface area contributed by atoms with Crippen LogP contribution in [-0.2, 0) is 10.0 Å². The lowest BCUT2D eigenvalue weighted by Crippen LogP contribution is -2.32. The smallest absolute Gasteiger partial charge is 0.264 e. The Bertz CT molecular complexity index is 966. The first-order valence-corrected chi connectivity index (χ1v) is 12.5. The van der Waals surface area contributed by atoms with Crippen molar-refractivity contribution in [3.8, 4) is 0 Å². The van der Waals surface area contributed by atoms with Gasteiger partial charge in [-0.25, -0.2) is 8.42 Å². The van der Waals surface area contributed by atoms with E-state index < -0.39 is 10.0 Å². The number of nitrogens with zero attached hydrogens (tertiary/aromatic N) is 2. The number of sulfonamides is 1. The second kappa shape index (κ2) is 10.8. The summed E-state index contributed by atoms with van der Waals surface area (Å²) in [6.45, 7) is 5.73. The van der Waals surface area contributed by atoms with Gasteiger partial charge in [-0.15, -0.1) is 0 Å². The van der Waals surface area contributed by atoms with E-state index in [9.17, 15) is 13.2 Å². The quantitative estimate of drug-likeness (QED) is 0.630. The number of hydrogen-bond acceptors (Lipinski definition) is 4. The Morgan fingerprint density at radius 3 is 2.32 bits per heavy atom. The maximum atomic E-state index is 13.1. The molecule has 1 heterocycles. The molecule has 1 aliphatic rings. The van der Waals surface area contributed by atoms with Crippen LogP contribution in [-0.4, -0.2) is 52.5 Å². The van der Waals surface area contributed by atoms with Gasteiger partial charge in [-0.1, -0.05) is 42.7 Å². The zero-order chi connectivity index (χ0) is 22.3. The summed E-state index contributed by atoms with van der Waals surface area (Å²) in [5.74, 6) is -0.252. The SMILES string of the molecule is Cc1ccc(S(=O)(=O)N(C)c2ccccc2C(=O)NCCCN2CCCCCC2)cc1. The van der Waals surface area contributed by atoms with Gasteiger partial charge in [-0.3, -0.25) is 9.10 Å². The molecule has 6 nitrogen and oxygen atoms in total. The van der Waals surface area contributed by atoms with Gasteiger partial charge >= 0.3 is 0 Å². The number of nitrogens with one attached hydrogen (secondary N) is 1. The van der Waals surface area contributed by atoms with Crippen LogP contribution in [0, 0.1) is 6.92 Å². The molecule has 0 atom stereocenters. The van der Waals surface area contributed by atoms with E-state index in [0.29, 0.717) is 17.8 Å². The minimum absolute atomic E-state index is 0.202. The number of anilines is 1. The Morgan fingerprint density at radius 1 is 1.00 bits per heavy atom. The first-order valence-electron chi connectivity index (χ1n) is 11.0. The van der Waals surface area contributed by atoms with E-state index in [2.05, 4.69) is 10.2 Å². The minimum Gasteiger partial charge on any atom is -0.352 e. The molecule has 1 fully saturated rings. The molecule has 0 radical (unpaired) electrons. The lowest BCUT2D eigenvalue weighted by molar-refractivity contribution is 0.0952. The highest BCUT2D eigenvalue weighted by Crippen LogP contribution is 2.26. The van der Waals surface area contributed by atoms with Gasteiger partial charge < -0.3 is 10.2 Å². The van der Waals surface area contributed by atoms with E-state index in [1.54, 1.807) is 48.5 Å². The summed E-state index contributed by atoms with van der Waals surface area (Å²) >= 11 is 0. The predicted molar refractivity (Wildman–Crippen MR) is 125 cm³/mol. The third kappa shape index (κ3) is 6.08. The fourth-order valence-corrected chi connectivity index (χ4v) is 5.11. The van der Waals surface area contributed by atoms with Gasteiger partial charge in [0, 0.05) is 13.6 Å². The van der Waals surface area contributed by atoms with E-state index in [1.165, 1.54) is 37.0 Å². The lowest BCUT2D eigenvalue weighted by Gasteiger charge is -2.22. The monoisotopic (exact) mass is 443 g/mol. The predicted octanol–water partition coefficient (Wildman–Crippen LogP) is 3.82. The van der Waals surface area contributed by atoms with Crippen molar-refractivity contribution in [2.45, 2.75) is 43.9 Å². The number of hydrogen-bond donors (Lipinski definition) is 1. The van der Waals surface area contributed by atoms with E-state index in [0.717, 1.165) is 31.6 Å². The standard InChI is InChI=1S/C24H33N3O3S/c1-20-12-14-21(15-13-20)31(29,30)26(2)23-11-6-5-10-22(23)24(28)25-16-9-19-27-17-7-3-4-8-18-27/h5-6,10-15H,3-4,7-9,16-19H2,1-2H3,(H,25,28). The zero-order valence-electron chi connectivity index (χ0n) is 18.5. The van der Waals surface area contributed by atoms with Crippen LogP contribution in [0.3, 0.4) is 0 Å². The first-order chi connectivity index (χ1) is 14.9. The van der Waals surface area contributed by atoms with Crippen molar-refractivity contribution in [3.05, 3.63) is 59.7 Å². The number of carbonyl (C=O) groups is 1. The third-order valence-corrected chi connectivity index (χ3v) is 7.59. The molecule has 0 aromatic heterocycles. The minimum atomic E-state index is -3.76. The highest BCUT2D eigenvalue weighted by molar-refractivity contribution is 7.92. The van der Waals surface area contributed by atoms with Crippen molar-refractivity contribution >= 4 is 21.6 Å². The van der Waals surface area contributed by atoms with Crippen LogP contribution in [0.4, 0.5) is 5.69 Å². The molecule has 1 aliphatic heterocycles. The number of likely N-dealkylation sites (tertiary alicyclic amines) is 1. The molecule has 7 heteroatoms. The number of carbonyl (C=O) groups excluding carboxylic acids is 1. The molecule has 0 aliphatic carbocycles. The van der Waals surface area contributed by atoms with Gasteiger partial charge in [-0.05, 0) is 70.1 Å². The molecule has 1 amide bonds. The van der Waals surface area contributed by atoms with Crippen LogP contribution >= 0.6 is 0 Å². The van der Waals surface area contributed by atoms with E-state index in [-0.39, 0.29) is 10.8 Å². The van der Waals surface area contributed by atoms with Gasteiger partial charge in [0.25, 0.3) is 15.9 Å². The Morgan fingerprint density at radius 2 is 1.65 bits per heavy atom. The molecule has 0 spiro atoms. The second-order valence-electron chi connectivity index (χ2n) is 8.17. The van der Waals surface area contributed by atoms with Crippen molar-refractivity contribution < 1.29 is 13.2 Å². The first kappa shape index (κ1) is 23.3. The summed E-state index contributed by atoms with van der Waals surface area (Å²) in [5, 5.41) is 2.96. The maximum absolute atomic E-state index is 13.1. The topological polar surface area (TPSA) is 69.7 Å². The van der Waals surface area contributed by atoms with E-state index >= 15 is 0 Å². The fraction of sp³-hybridized carbons (Fsp3) is 0.458. The average Bonchev–Trinajstić information content (AvgIpc) is 3.05. The number of amides is 1. The van der Waals surface area contributed by atoms with Crippen LogP contribution < -0.4 is 9.62 Å². The summed E-state index contributed by atoms with van der Waals surface area (Å²) < 4.78 is 27.3. The Kier molecular flexibility index (Phi) is 8.09. The molecule has 168 valence electrons. The Balaban J connectivity index is 1.64. The third-order valence-electron chi connectivity index (χ3n) is 5.80. The summed E-state index contributed by atoms with van der Waals surface area (Å²) in [6.07, 6.45) is 6.00. The number of para-hydroxylation sites is 1. The van der Waals surface area contributed by atoms with Gasteiger partial charge in [-0.2, -0.15) is 0 Å². The molecular formula is C24H33N3O3S. The summed E-state index contributed by atoms with van der Waals surface area (Å²) in [4.78, 5) is 15.5. The van der Waals surface area contributed by atoms with Crippen molar-refractivity contribution in [1.82, 2.24) is 10.2 Å². The van der Waals surface area contributed by atoms with Crippen molar-refractivity contribution in [2.24, 2.45) is 0 Å². The normalized spacial score (nSPS) is 15.3. The summed E-state index contributed by atoms with van der Waals surface area (Å²) in [7, 11) is -2.27. The molecule has 1 saturated heterocycles. The number of benzene rings is 2. The highest BCUT2D eigenvalue weighted by atomic mass is 32.2. The van der Waals surface area contributed by atoms with Gasteiger partial charge in [0.05, 0.1) is 16.1 Å². The van der Waals surface area contributed by atoms with Crippen LogP contribution in [0.5, 0.6) is 0 Å². The molecule has 3 rings (SSSR count). The molecular weight excluding hydrogens is 410 g/mol. The van der Waals surface area contributed by atoms with Crippen molar-refractivity contribution in [3.63, 3.8) is 0 Å². The number of aryl methyl sites for hydroxylation is 1. The maximum Gasteiger partial charge on any atom is 0.264 e. The molecule has 2 aromatic rings. The largest absolute Gasteiger partial charge is 0.352 e. The molecule has 0 bridgehead atoms. The van der Waals surface area contributed by atoms with Crippen molar-refractivity contribution in [2.75, 3.05) is 37.5 Å². The number of rotatable bonds is 8.